The average Bonchev–Trinajstić information content (AvgIpc) is 2.49. The number of rotatable bonds is 16. The molecular weight excluding hydrogens is 280 g/mol. The van der Waals surface area contributed by atoms with E-state index in [1.165, 1.54) is 19.3 Å². The van der Waals surface area contributed by atoms with Gasteiger partial charge in [0, 0.05) is 19.4 Å². The molecule has 0 radical (unpaired) electrons. The summed E-state index contributed by atoms with van der Waals surface area (Å²) < 4.78 is 0. The second-order valence-electron chi connectivity index (χ2n) is 5.92. The molecule has 5 nitrogen and oxygen atoms in total. The molecule has 1 amide bonds. The van der Waals surface area contributed by atoms with Crippen LogP contribution in [0.1, 0.15) is 83.5 Å². The number of carboxylic acids is 1. The zero-order valence-electron chi connectivity index (χ0n) is 13.9. The molecule has 0 saturated heterocycles. The summed E-state index contributed by atoms with van der Waals surface area (Å²) in [4.78, 5) is 21.8. The maximum absolute atomic E-state index is 11.5. The number of carboxylic acid groups (broad SMARTS) is 1. The van der Waals surface area contributed by atoms with Crippen LogP contribution in [0, 0.1) is 0 Å². The van der Waals surface area contributed by atoms with E-state index in [2.05, 4.69) is 5.32 Å². The van der Waals surface area contributed by atoms with Gasteiger partial charge in [0.2, 0.25) is 5.91 Å². The first-order chi connectivity index (χ1) is 10.7. The van der Waals surface area contributed by atoms with Crippen LogP contribution in [-0.4, -0.2) is 30.1 Å². The lowest BCUT2D eigenvalue weighted by molar-refractivity contribution is -0.137. The van der Waals surface area contributed by atoms with Gasteiger partial charge in [0.25, 0.3) is 0 Å². The van der Waals surface area contributed by atoms with E-state index in [-0.39, 0.29) is 5.91 Å². The van der Waals surface area contributed by atoms with Crippen LogP contribution in [0.5, 0.6) is 0 Å². The van der Waals surface area contributed by atoms with E-state index in [1.807, 2.05) is 0 Å². The predicted octanol–water partition coefficient (Wildman–Crippen LogP) is 3.22. The third-order valence-corrected chi connectivity index (χ3v) is 3.75. The number of nitrogens with one attached hydrogen (secondary N) is 1. The van der Waals surface area contributed by atoms with E-state index in [4.69, 9.17) is 10.8 Å². The molecule has 0 bridgehead atoms. The number of hydrogen-bond donors (Lipinski definition) is 3. The van der Waals surface area contributed by atoms with Crippen LogP contribution >= 0.6 is 0 Å². The lowest BCUT2D eigenvalue weighted by Crippen LogP contribution is -2.24. The minimum atomic E-state index is -0.693. The molecule has 130 valence electrons. The number of unbranched alkanes of at least 4 members (excludes halogenated alkanes) is 9. The van der Waals surface area contributed by atoms with E-state index in [0.29, 0.717) is 19.4 Å². The van der Waals surface area contributed by atoms with E-state index < -0.39 is 5.97 Å². The Morgan fingerprint density at radius 2 is 1.23 bits per heavy atom. The quantitative estimate of drug-likeness (QED) is 0.381. The second-order valence-corrected chi connectivity index (χ2v) is 5.92. The molecule has 0 spiro atoms. The molecule has 0 aromatic heterocycles. The lowest BCUT2D eigenvalue weighted by Gasteiger charge is -2.05. The van der Waals surface area contributed by atoms with Crippen molar-refractivity contribution in [3.8, 4) is 0 Å². The van der Waals surface area contributed by atoms with Crippen LogP contribution in [0.4, 0.5) is 0 Å². The molecular formula is C17H34N2O3. The van der Waals surface area contributed by atoms with Crippen LogP contribution in [0.25, 0.3) is 0 Å². The van der Waals surface area contributed by atoms with Gasteiger partial charge in [0.15, 0.2) is 0 Å². The summed E-state index contributed by atoms with van der Waals surface area (Å²) in [6, 6.07) is 0. The Morgan fingerprint density at radius 3 is 1.82 bits per heavy atom. The summed E-state index contributed by atoms with van der Waals surface area (Å²) in [5.74, 6) is -0.531. The maximum atomic E-state index is 11.5. The summed E-state index contributed by atoms with van der Waals surface area (Å²) in [5.41, 5.74) is 5.41. The largest absolute Gasteiger partial charge is 0.481 e. The Balaban J connectivity index is 3.13. The van der Waals surface area contributed by atoms with Crippen molar-refractivity contribution in [2.45, 2.75) is 83.5 Å². The van der Waals surface area contributed by atoms with E-state index in [1.54, 1.807) is 0 Å². The SMILES string of the molecule is NCCCCCC(=O)NCCCCCCCCCCC(=O)O. The Labute approximate surface area is 135 Å². The van der Waals surface area contributed by atoms with Crippen molar-refractivity contribution in [1.82, 2.24) is 5.32 Å². The van der Waals surface area contributed by atoms with Crippen molar-refractivity contribution in [3.05, 3.63) is 0 Å². The number of hydrogen-bond acceptors (Lipinski definition) is 3. The Morgan fingerprint density at radius 1 is 0.727 bits per heavy atom. The highest BCUT2D eigenvalue weighted by molar-refractivity contribution is 5.75. The number of aliphatic carboxylic acids is 1. The summed E-state index contributed by atoms with van der Waals surface area (Å²) >= 11 is 0. The monoisotopic (exact) mass is 314 g/mol. The van der Waals surface area contributed by atoms with Gasteiger partial charge in [-0.2, -0.15) is 0 Å². The zero-order valence-corrected chi connectivity index (χ0v) is 13.9. The fraction of sp³-hybridized carbons (Fsp3) is 0.882. The average molecular weight is 314 g/mol. The molecule has 0 rings (SSSR count). The van der Waals surface area contributed by atoms with Gasteiger partial charge in [0.1, 0.15) is 0 Å². The first-order valence-electron chi connectivity index (χ1n) is 8.85. The summed E-state index contributed by atoms with van der Waals surface area (Å²) in [6.45, 7) is 1.50. The molecule has 0 saturated carbocycles. The highest BCUT2D eigenvalue weighted by Crippen LogP contribution is 2.09. The number of amides is 1. The topological polar surface area (TPSA) is 92.4 Å². The molecule has 0 atom stereocenters. The second kappa shape index (κ2) is 16.3. The smallest absolute Gasteiger partial charge is 0.303 e. The first-order valence-corrected chi connectivity index (χ1v) is 8.85. The molecule has 0 aliphatic rings. The van der Waals surface area contributed by atoms with Gasteiger partial charge in [-0.3, -0.25) is 9.59 Å². The third kappa shape index (κ3) is 17.0. The van der Waals surface area contributed by atoms with Crippen LogP contribution in [0.15, 0.2) is 0 Å². The maximum Gasteiger partial charge on any atom is 0.303 e. The number of carbonyl (C=O) groups excluding carboxylic acids is 1. The zero-order chi connectivity index (χ0) is 16.5. The minimum absolute atomic E-state index is 0.162. The number of nitrogens with two attached hydrogens (primary N) is 1. The van der Waals surface area contributed by atoms with Crippen LogP contribution in [-0.2, 0) is 9.59 Å². The Kier molecular flexibility index (Phi) is 15.5. The molecule has 0 aromatic rings. The van der Waals surface area contributed by atoms with Gasteiger partial charge >= 0.3 is 5.97 Å². The molecule has 0 aromatic carbocycles. The highest BCUT2D eigenvalue weighted by atomic mass is 16.4. The first kappa shape index (κ1) is 20.9. The van der Waals surface area contributed by atoms with Crippen molar-refractivity contribution in [2.75, 3.05) is 13.1 Å². The van der Waals surface area contributed by atoms with E-state index in [0.717, 1.165) is 57.9 Å². The van der Waals surface area contributed by atoms with Gasteiger partial charge in [-0.15, -0.1) is 0 Å². The highest BCUT2D eigenvalue weighted by Gasteiger charge is 2.00. The van der Waals surface area contributed by atoms with Crippen LogP contribution in [0.3, 0.4) is 0 Å². The molecule has 0 heterocycles. The number of carbonyl (C=O) groups is 2. The van der Waals surface area contributed by atoms with Crippen molar-refractivity contribution in [2.24, 2.45) is 5.73 Å². The molecule has 0 aliphatic carbocycles. The standard InChI is InChI=1S/C17H34N2O3/c18-14-10-7-8-12-16(20)19-15-11-6-4-2-1-3-5-9-13-17(21)22/h1-15,18H2,(H,19,20)(H,21,22). The molecule has 22 heavy (non-hydrogen) atoms. The van der Waals surface area contributed by atoms with E-state index in [9.17, 15) is 9.59 Å². The molecule has 0 unspecified atom stereocenters. The lowest BCUT2D eigenvalue weighted by atomic mass is 10.1. The van der Waals surface area contributed by atoms with Gasteiger partial charge < -0.3 is 16.2 Å². The fourth-order valence-corrected chi connectivity index (χ4v) is 2.38. The van der Waals surface area contributed by atoms with Gasteiger partial charge in [-0.25, -0.2) is 0 Å². The van der Waals surface area contributed by atoms with Crippen molar-refractivity contribution in [3.63, 3.8) is 0 Å². The summed E-state index contributed by atoms with van der Waals surface area (Å²) in [6.07, 6.45) is 12.6. The molecule has 0 fully saturated rings. The van der Waals surface area contributed by atoms with Gasteiger partial charge in [-0.1, -0.05) is 44.9 Å². The van der Waals surface area contributed by atoms with E-state index >= 15 is 0 Å². The Bertz CT molecular complexity index is 283. The Hall–Kier alpha value is -1.10. The van der Waals surface area contributed by atoms with Gasteiger partial charge in [-0.05, 0) is 32.2 Å². The third-order valence-electron chi connectivity index (χ3n) is 3.75. The summed E-state index contributed by atoms with van der Waals surface area (Å²) in [5, 5.41) is 11.5. The van der Waals surface area contributed by atoms with Crippen molar-refractivity contribution < 1.29 is 14.7 Å². The van der Waals surface area contributed by atoms with Crippen molar-refractivity contribution >= 4 is 11.9 Å². The molecule has 5 heteroatoms. The molecule has 4 N–H and O–H groups in total. The molecule has 0 aliphatic heterocycles. The normalized spacial score (nSPS) is 10.6. The van der Waals surface area contributed by atoms with Crippen LogP contribution < -0.4 is 11.1 Å². The minimum Gasteiger partial charge on any atom is -0.481 e. The van der Waals surface area contributed by atoms with Crippen molar-refractivity contribution in [1.29, 1.82) is 0 Å². The van der Waals surface area contributed by atoms with Gasteiger partial charge in [0.05, 0.1) is 0 Å². The predicted molar refractivity (Wildman–Crippen MR) is 89.7 cm³/mol. The summed E-state index contributed by atoms with van der Waals surface area (Å²) in [7, 11) is 0. The van der Waals surface area contributed by atoms with Crippen LogP contribution in [0.2, 0.25) is 0 Å². The fourth-order valence-electron chi connectivity index (χ4n) is 2.38.